The van der Waals surface area contributed by atoms with E-state index in [1.165, 1.54) is 25.7 Å². The van der Waals surface area contributed by atoms with E-state index >= 15 is 0 Å². The average molecular weight is 279 g/mol. The van der Waals surface area contributed by atoms with Crippen LogP contribution in [0.2, 0.25) is 0 Å². The summed E-state index contributed by atoms with van der Waals surface area (Å²) in [6, 6.07) is 0. The molecule has 2 N–H and O–H groups in total. The Morgan fingerprint density at radius 3 is 2.25 bits per heavy atom. The maximum Gasteiger partial charge on any atom is 0.239 e. The predicted molar refractivity (Wildman–Crippen MR) is 80.5 cm³/mol. The Kier molecular flexibility index (Phi) is 4.04. The van der Waals surface area contributed by atoms with Gasteiger partial charge in [-0.25, -0.2) is 0 Å². The van der Waals surface area contributed by atoms with E-state index in [4.69, 9.17) is 0 Å². The SMILES string of the molecule is CC(C)(C(=O)NCC(C1CC1)C1CC1)N1CCNCC1. The predicted octanol–water partition coefficient (Wildman–Crippen LogP) is 1.22. The third kappa shape index (κ3) is 3.17. The molecular weight excluding hydrogens is 250 g/mol. The second-order valence-corrected chi connectivity index (χ2v) is 7.34. The summed E-state index contributed by atoms with van der Waals surface area (Å²) >= 11 is 0. The highest BCUT2D eigenvalue weighted by Crippen LogP contribution is 2.48. The summed E-state index contributed by atoms with van der Waals surface area (Å²) in [6.45, 7) is 8.95. The van der Waals surface area contributed by atoms with Gasteiger partial charge in [-0.1, -0.05) is 0 Å². The second-order valence-electron chi connectivity index (χ2n) is 7.34. The molecule has 3 fully saturated rings. The fourth-order valence-corrected chi connectivity index (χ4v) is 3.56. The molecule has 4 nitrogen and oxygen atoms in total. The van der Waals surface area contributed by atoms with Gasteiger partial charge in [0, 0.05) is 32.7 Å². The van der Waals surface area contributed by atoms with Crippen LogP contribution in [0.1, 0.15) is 39.5 Å². The highest BCUT2D eigenvalue weighted by Gasteiger charge is 2.42. The van der Waals surface area contributed by atoms with Gasteiger partial charge in [-0.2, -0.15) is 0 Å². The van der Waals surface area contributed by atoms with Crippen molar-refractivity contribution in [3.05, 3.63) is 0 Å². The van der Waals surface area contributed by atoms with E-state index in [2.05, 4.69) is 29.4 Å². The van der Waals surface area contributed by atoms with Crippen molar-refractivity contribution < 1.29 is 4.79 Å². The van der Waals surface area contributed by atoms with Gasteiger partial charge in [0.25, 0.3) is 0 Å². The first-order valence-electron chi connectivity index (χ1n) is 8.33. The summed E-state index contributed by atoms with van der Waals surface area (Å²) in [4.78, 5) is 14.9. The minimum atomic E-state index is -0.375. The van der Waals surface area contributed by atoms with Crippen molar-refractivity contribution >= 4 is 5.91 Å². The van der Waals surface area contributed by atoms with Gasteiger partial charge in [0.15, 0.2) is 0 Å². The number of nitrogens with one attached hydrogen (secondary N) is 2. The number of carbonyl (C=O) groups excluding carboxylic acids is 1. The molecule has 1 heterocycles. The molecule has 3 rings (SSSR count). The molecule has 4 heteroatoms. The Hall–Kier alpha value is -0.610. The van der Waals surface area contributed by atoms with E-state index in [1.807, 2.05) is 0 Å². The van der Waals surface area contributed by atoms with Crippen LogP contribution in [0.15, 0.2) is 0 Å². The molecular formula is C16H29N3O. The molecule has 20 heavy (non-hydrogen) atoms. The Morgan fingerprint density at radius 2 is 1.75 bits per heavy atom. The van der Waals surface area contributed by atoms with E-state index in [0.717, 1.165) is 50.5 Å². The summed E-state index contributed by atoms with van der Waals surface area (Å²) in [7, 11) is 0. The normalized spacial score (nSPS) is 24.9. The first-order chi connectivity index (χ1) is 9.59. The van der Waals surface area contributed by atoms with Crippen molar-refractivity contribution in [2.75, 3.05) is 32.7 Å². The first kappa shape index (κ1) is 14.3. The van der Waals surface area contributed by atoms with E-state index in [0.29, 0.717) is 0 Å². The molecule has 2 aliphatic carbocycles. The lowest BCUT2D eigenvalue weighted by molar-refractivity contribution is -0.132. The third-order valence-corrected chi connectivity index (χ3v) is 5.42. The Bertz CT molecular complexity index is 343. The Labute approximate surface area is 122 Å². The molecule has 0 bridgehead atoms. The van der Waals surface area contributed by atoms with Crippen LogP contribution in [0.5, 0.6) is 0 Å². The van der Waals surface area contributed by atoms with Crippen molar-refractivity contribution in [1.29, 1.82) is 0 Å². The molecule has 1 saturated heterocycles. The summed E-state index contributed by atoms with van der Waals surface area (Å²) in [5.41, 5.74) is -0.375. The molecule has 0 radical (unpaired) electrons. The fraction of sp³-hybridized carbons (Fsp3) is 0.938. The highest BCUT2D eigenvalue weighted by atomic mass is 16.2. The Balaban J connectivity index is 1.51. The summed E-state index contributed by atoms with van der Waals surface area (Å²) in [5, 5.41) is 6.61. The maximum atomic E-state index is 12.6. The van der Waals surface area contributed by atoms with Gasteiger partial charge in [-0.15, -0.1) is 0 Å². The molecule has 1 aliphatic heterocycles. The van der Waals surface area contributed by atoms with Gasteiger partial charge in [-0.3, -0.25) is 9.69 Å². The van der Waals surface area contributed by atoms with Crippen LogP contribution in [0.4, 0.5) is 0 Å². The minimum absolute atomic E-state index is 0.214. The number of amides is 1. The topological polar surface area (TPSA) is 44.4 Å². The highest BCUT2D eigenvalue weighted by molar-refractivity contribution is 5.85. The molecule has 0 aromatic carbocycles. The smallest absolute Gasteiger partial charge is 0.239 e. The standard InChI is InChI=1S/C16H29N3O/c1-16(2,19-9-7-17-8-10-19)15(20)18-11-14(12-3-4-12)13-5-6-13/h12-14,17H,3-11H2,1-2H3,(H,18,20). The molecule has 0 atom stereocenters. The number of carbonyl (C=O) groups is 1. The largest absolute Gasteiger partial charge is 0.354 e. The number of piperazine rings is 1. The molecule has 2 saturated carbocycles. The Morgan fingerprint density at radius 1 is 1.20 bits per heavy atom. The molecule has 0 aromatic rings. The van der Waals surface area contributed by atoms with Crippen LogP contribution in [0.3, 0.4) is 0 Å². The minimum Gasteiger partial charge on any atom is -0.354 e. The van der Waals surface area contributed by atoms with E-state index < -0.39 is 0 Å². The van der Waals surface area contributed by atoms with E-state index in [9.17, 15) is 4.79 Å². The lowest BCUT2D eigenvalue weighted by Gasteiger charge is -2.40. The monoisotopic (exact) mass is 279 g/mol. The summed E-state index contributed by atoms with van der Waals surface area (Å²) in [5.74, 6) is 2.79. The zero-order chi connectivity index (χ0) is 14.2. The van der Waals surface area contributed by atoms with Crippen LogP contribution >= 0.6 is 0 Å². The van der Waals surface area contributed by atoms with Gasteiger partial charge >= 0.3 is 0 Å². The molecule has 0 unspecified atom stereocenters. The van der Waals surface area contributed by atoms with Crippen molar-refractivity contribution in [3.8, 4) is 0 Å². The average Bonchev–Trinajstić information content (AvgIpc) is 3.33. The van der Waals surface area contributed by atoms with Crippen LogP contribution in [-0.4, -0.2) is 49.1 Å². The zero-order valence-electron chi connectivity index (χ0n) is 13.0. The third-order valence-electron chi connectivity index (χ3n) is 5.42. The number of rotatable bonds is 6. The maximum absolute atomic E-state index is 12.6. The van der Waals surface area contributed by atoms with Crippen LogP contribution in [-0.2, 0) is 4.79 Å². The van der Waals surface area contributed by atoms with Gasteiger partial charge in [0.05, 0.1) is 5.54 Å². The zero-order valence-corrected chi connectivity index (χ0v) is 13.0. The first-order valence-corrected chi connectivity index (χ1v) is 8.33. The van der Waals surface area contributed by atoms with Crippen LogP contribution in [0, 0.1) is 17.8 Å². The molecule has 0 aromatic heterocycles. The van der Waals surface area contributed by atoms with Crippen molar-refractivity contribution in [2.24, 2.45) is 17.8 Å². The van der Waals surface area contributed by atoms with Gasteiger partial charge in [0.2, 0.25) is 5.91 Å². The molecule has 1 amide bonds. The lowest BCUT2D eigenvalue weighted by Crippen LogP contribution is -2.60. The summed E-state index contributed by atoms with van der Waals surface area (Å²) in [6.07, 6.45) is 5.55. The van der Waals surface area contributed by atoms with Crippen molar-refractivity contribution in [2.45, 2.75) is 45.1 Å². The van der Waals surface area contributed by atoms with Crippen molar-refractivity contribution in [1.82, 2.24) is 15.5 Å². The van der Waals surface area contributed by atoms with Gasteiger partial charge < -0.3 is 10.6 Å². The molecule has 114 valence electrons. The molecule has 3 aliphatic rings. The van der Waals surface area contributed by atoms with Crippen LogP contribution < -0.4 is 10.6 Å². The lowest BCUT2D eigenvalue weighted by atomic mass is 9.96. The number of hydrogen-bond donors (Lipinski definition) is 2. The number of nitrogens with zero attached hydrogens (tertiary/aromatic N) is 1. The fourth-order valence-electron chi connectivity index (χ4n) is 3.56. The van der Waals surface area contributed by atoms with Gasteiger partial charge in [-0.05, 0) is 57.3 Å². The summed E-state index contributed by atoms with van der Waals surface area (Å²) < 4.78 is 0. The van der Waals surface area contributed by atoms with E-state index in [1.54, 1.807) is 0 Å². The molecule has 0 spiro atoms. The van der Waals surface area contributed by atoms with Gasteiger partial charge in [0.1, 0.15) is 0 Å². The van der Waals surface area contributed by atoms with Crippen LogP contribution in [0.25, 0.3) is 0 Å². The van der Waals surface area contributed by atoms with Crippen molar-refractivity contribution in [3.63, 3.8) is 0 Å². The quantitative estimate of drug-likeness (QED) is 0.768. The second kappa shape index (κ2) is 5.64. The van der Waals surface area contributed by atoms with E-state index in [-0.39, 0.29) is 11.4 Å². The number of hydrogen-bond acceptors (Lipinski definition) is 3.